The highest BCUT2D eigenvalue weighted by atomic mass is 16.8. The van der Waals surface area contributed by atoms with Crippen LogP contribution in [-0.2, 0) is 9.47 Å². The molecule has 2 heterocycles. The van der Waals surface area contributed by atoms with Crippen molar-refractivity contribution in [3.05, 3.63) is 0 Å². The van der Waals surface area contributed by atoms with Crippen molar-refractivity contribution in [3.8, 4) is 0 Å². The molecule has 1 spiro atoms. The highest BCUT2D eigenvalue weighted by Crippen LogP contribution is 2.50. The summed E-state index contributed by atoms with van der Waals surface area (Å²) >= 11 is 0. The Labute approximate surface area is 116 Å². The lowest BCUT2D eigenvalue weighted by Crippen LogP contribution is -2.64. The minimum Gasteiger partial charge on any atom is -0.344 e. The summed E-state index contributed by atoms with van der Waals surface area (Å²) in [4.78, 5) is 0. The molecule has 1 N–H and O–H groups in total. The van der Waals surface area contributed by atoms with Crippen molar-refractivity contribution in [2.24, 2.45) is 0 Å². The fraction of sp³-hybridized carbons (Fsp3) is 1.00. The Morgan fingerprint density at radius 2 is 1.32 bits per heavy atom. The molecule has 3 rings (SSSR count). The molecule has 0 bridgehead atoms. The van der Waals surface area contributed by atoms with E-state index in [-0.39, 0.29) is 23.3 Å². The summed E-state index contributed by atoms with van der Waals surface area (Å²) in [7, 11) is 0. The van der Waals surface area contributed by atoms with Gasteiger partial charge in [0.25, 0.3) is 0 Å². The summed E-state index contributed by atoms with van der Waals surface area (Å²) in [6.07, 6.45) is 6.74. The Morgan fingerprint density at radius 1 is 0.895 bits per heavy atom. The van der Waals surface area contributed by atoms with Crippen LogP contribution in [0.4, 0.5) is 0 Å². The predicted octanol–water partition coefficient (Wildman–Crippen LogP) is 3.08. The van der Waals surface area contributed by atoms with Crippen LogP contribution in [0.25, 0.3) is 0 Å². The highest BCUT2D eigenvalue weighted by Gasteiger charge is 2.59. The number of hydrogen-bond donors (Lipinski definition) is 1. The molecule has 2 saturated heterocycles. The van der Waals surface area contributed by atoms with Gasteiger partial charge in [-0.3, -0.25) is 0 Å². The third-order valence-corrected chi connectivity index (χ3v) is 4.92. The Morgan fingerprint density at radius 3 is 1.74 bits per heavy atom. The van der Waals surface area contributed by atoms with Gasteiger partial charge in [-0.25, -0.2) is 0 Å². The first-order valence-electron chi connectivity index (χ1n) is 7.59. The molecule has 2 atom stereocenters. The normalized spacial score (nSPS) is 40.3. The molecule has 2 aliphatic heterocycles. The zero-order valence-electron chi connectivity index (χ0n) is 12.6. The van der Waals surface area contributed by atoms with Crippen LogP contribution in [-0.4, -0.2) is 39.3 Å². The fourth-order valence-electron chi connectivity index (χ4n) is 4.43. The van der Waals surface area contributed by atoms with E-state index in [0.29, 0.717) is 0 Å². The minimum absolute atomic E-state index is 0.269. The molecule has 3 aliphatic rings. The van der Waals surface area contributed by atoms with Gasteiger partial charge in [-0.15, -0.1) is 0 Å². The molecule has 0 aromatic carbocycles. The van der Waals surface area contributed by atoms with Gasteiger partial charge in [0.2, 0.25) is 0 Å². The number of piperidine rings is 1. The number of rotatable bonds is 0. The highest BCUT2D eigenvalue weighted by molar-refractivity contribution is 5.04. The summed E-state index contributed by atoms with van der Waals surface area (Å²) in [6.45, 7) is 8.24. The van der Waals surface area contributed by atoms with E-state index in [2.05, 4.69) is 27.7 Å². The van der Waals surface area contributed by atoms with Gasteiger partial charge in [0.05, 0.1) is 12.2 Å². The van der Waals surface area contributed by atoms with Gasteiger partial charge in [-0.2, -0.15) is 5.06 Å². The van der Waals surface area contributed by atoms with Crippen LogP contribution in [0, 0.1) is 0 Å². The minimum atomic E-state index is -0.494. The number of hydroxylamine groups is 2. The zero-order valence-corrected chi connectivity index (χ0v) is 12.6. The van der Waals surface area contributed by atoms with E-state index in [9.17, 15) is 5.21 Å². The molecule has 1 saturated carbocycles. The smallest absolute Gasteiger partial charge is 0.172 e. The summed E-state index contributed by atoms with van der Waals surface area (Å²) in [5.41, 5.74) is -0.648. The molecule has 19 heavy (non-hydrogen) atoms. The third kappa shape index (κ3) is 2.23. The van der Waals surface area contributed by atoms with Gasteiger partial charge in [0, 0.05) is 23.9 Å². The van der Waals surface area contributed by atoms with Crippen molar-refractivity contribution in [2.45, 2.75) is 95.3 Å². The number of nitrogens with zero attached hydrogens (tertiary/aromatic N) is 1. The van der Waals surface area contributed by atoms with Crippen molar-refractivity contribution in [2.75, 3.05) is 0 Å². The summed E-state index contributed by atoms with van der Waals surface area (Å²) in [5.74, 6) is -0.494. The van der Waals surface area contributed by atoms with Crippen molar-refractivity contribution < 1.29 is 14.7 Å². The van der Waals surface area contributed by atoms with E-state index in [1.165, 1.54) is 17.9 Å². The van der Waals surface area contributed by atoms with E-state index in [1.807, 2.05) is 0 Å². The Hall–Kier alpha value is -0.160. The lowest BCUT2D eigenvalue weighted by molar-refractivity contribution is -0.319. The number of ether oxygens (including phenoxy) is 2. The van der Waals surface area contributed by atoms with Crippen molar-refractivity contribution in [1.29, 1.82) is 0 Å². The second-order valence-corrected chi connectivity index (χ2v) is 7.80. The molecule has 0 aromatic heterocycles. The molecule has 0 radical (unpaired) electrons. The van der Waals surface area contributed by atoms with E-state index in [4.69, 9.17) is 9.47 Å². The first kappa shape index (κ1) is 13.8. The summed E-state index contributed by atoms with van der Waals surface area (Å²) < 4.78 is 12.7. The standard InChI is InChI=1S/C15H27NO3/c1-13(2)9-15(10-14(3,4)16(13)17)18-11-7-5-6-8-12(11)19-15/h11-12,17H,5-10H2,1-4H3. The van der Waals surface area contributed by atoms with Gasteiger partial charge in [-0.05, 0) is 40.5 Å². The summed E-state index contributed by atoms with van der Waals surface area (Å²) in [5, 5.41) is 11.9. The van der Waals surface area contributed by atoms with Gasteiger partial charge in [0.1, 0.15) is 0 Å². The topological polar surface area (TPSA) is 41.9 Å². The molecule has 4 heteroatoms. The van der Waals surface area contributed by atoms with Crippen molar-refractivity contribution in [1.82, 2.24) is 5.06 Å². The Balaban J connectivity index is 1.85. The van der Waals surface area contributed by atoms with Crippen molar-refractivity contribution in [3.63, 3.8) is 0 Å². The molecule has 4 nitrogen and oxygen atoms in total. The first-order chi connectivity index (χ1) is 8.74. The molecule has 3 fully saturated rings. The van der Waals surface area contributed by atoms with Crippen LogP contribution in [0.3, 0.4) is 0 Å². The summed E-state index contributed by atoms with van der Waals surface area (Å²) in [6, 6.07) is 0. The lowest BCUT2D eigenvalue weighted by Gasteiger charge is -2.54. The quantitative estimate of drug-likeness (QED) is 0.734. The fourth-order valence-corrected chi connectivity index (χ4v) is 4.43. The van der Waals surface area contributed by atoms with Crippen molar-refractivity contribution >= 4 is 0 Å². The molecule has 0 amide bonds. The SMILES string of the molecule is CC1(C)CC2(CC(C)(C)N1O)OC1CCCCC1O2. The molecular formula is C15H27NO3. The van der Waals surface area contributed by atoms with E-state index < -0.39 is 5.79 Å². The van der Waals surface area contributed by atoms with Crippen LogP contribution < -0.4 is 0 Å². The van der Waals surface area contributed by atoms with Crippen LogP contribution in [0.15, 0.2) is 0 Å². The van der Waals surface area contributed by atoms with Gasteiger partial charge < -0.3 is 14.7 Å². The molecule has 0 aromatic rings. The van der Waals surface area contributed by atoms with Crippen LogP contribution in [0.5, 0.6) is 0 Å². The largest absolute Gasteiger partial charge is 0.344 e. The maximum atomic E-state index is 10.4. The molecule has 1 aliphatic carbocycles. The van der Waals surface area contributed by atoms with E-state index in [1.54, 1.807) is 0 Å². The average molecular weight is 269 g/mol. The maximum Gasteiger partial charge on any atom is 0.172 e. The number of hydrogen-bond acceptors (Lipinski definition) is 4. The van der Waals surface area contributed by atoms with E-state index in [0.717, 1.165) is 25.7 Å². The van der Waals surface area contributed by atoms with Gasteiger partial charge in [-0.1, -0.05) is 12.8 Å². The van der Waals surface area contributed by atoms with Gasteiger partial charge >= 0.3 is 0 Å². The predicted molar refractivity (Wildman–Crippen MR) is 72.0 cm³/mol. The van der Waals surface area contributed by atoms with E-state index >= 15 is 0 Å². The third-order valence-electron chi connectivity index (χ3n) is 4.92. The second-order valence-electron chi connectivity index (χ2n) is 7.80. The molecule has 2 unspecified atom stereocenters. The monoisotopic (exact) mass is 269 g/mol. The first-order valence-corrected chi connectivity index (χ1v) is 7.59. The van der Waals surface area contributed by atoms with Gasteiger partial charge in [0.15, 0.2) is 5.79 Å². The van der Waals surface area contributed by atoms with Crippen LogP contribution >= 0.6 is 0 Å². The average Bonchev–Trinajstić information content (AvgIpc) is 2.61. The second kappa shape index (κ2) is 4.17. The zero-order chi connectivity index (χ0) is 13.9. The van der Waals surface area contributed by atoms with Crippen LogP contribution in [0.2, 0.25) is 0 Å². The molecule has 110 valence electrons. The van der Waals surface area contributed by atoms with Crippen LogP contribution in [0.1, 0.15) is 66.2 Å². The Bertz CT molecular complexity index is 332. The lowest BCUT2D eigenvalue weighted by atomic mass is 9.78. The molecular weight excluding hydrogens is 242 g/mol. The number of fused-ring (bicyclic) bond motifs is 1. The Kier molecular flexibility index (Phi) is 3.03. The maximum absolute atomic E-state index is 10.4.